The van der Waals surface area contributed by atoms with E-state index in [1.165, 1.54) is 16.7 Å². The van der Waals surface area contributed by atoms with Gasteiger partial charge >= 0.3 is 0 Å². The molecule has 1 aliphatic rings. The van der Waals surface area contributed by atoms with Crippen LogP contribution in [-0.2, 0) is 11.2 Å². The van der Waals surface area contributed by atoms with Gasteiger partial charge in [-0.1, -0.05) is 73.1 Å². The van der Waals surface area contributed by atoms with E-state index >= 15 is 0 Å². The maximum Gasteiger partial charge on any atom is 0.232 e. The van der Waals surface area contributed by atoms with E-state index in [1.54, 1.807) is 0 Å². The van der Waals surface area contributed by atoms with Crippen LogP contribution in [-0.4, -0.2) is 34.0 Å². The van der Waals surface area contributed by atoms with Gasteiger partial charge in [0.05, 0.1) is 5.92 Å². The van der Waals surface area contributed by atoms with Crippen LogP contribution in [0.15, 0.2) is 53.1 Å². The van der Waals surface area contributed by atoms with Crippen LogP contribution in [0.3, 0.4) is 0 Å². The first-order valence-corrected chi connectivity index (χ1v) is 10.3. The summed E-state index contributed by atoms with van der Waals surface area (Å²) in [5.41, 5.74) is 4.71. The van der Waals surface area contributed by atoms with Gasteiger partial charge in [-0.05, 0) is 30.4 Å². The Labute approximate surface area is 171 Å². The van der Waals surface area contributed by atoms with Crippen molar-refractivity contribution in [1.82, 2.24) is 15.0 Å². The van der Waals surface area contributed by atoms with Crippen molar-refractivity contribution in [2.75, 3.05) is 13.1 Å². The second-order valence-corrected chi connectivity index (χ2v) is 8.21. The van der Waals surface area contributed by atoms with E-state index in [4.69, 9.17) is 4.52 Å². The average molecular weight is 389 g/mol. The Kier molecular flexibility index (Phi) is 5.47. The quantitative estimate of drug-likeness (QED) is 0.612. The van der Waals surface area contributed by atoms with E-state index in [0.29, 0.717) is 30.6 Å². The van der Waals surface area contributed by atoms with E-state index in [9.17, 15) is 4.79 Å². The van der Waals surface area contributed by atoms with Crippen molar-refractivity contribution in [3.05, 3.63) is 71.1 Å². The number of carbonyl (C=O) groups is 1. The van der Waals surface area contributed by atoms with Gasteiger partial charge in [-0.15, -0.1) is 0 Å². The number of hydrogen-bond acceptors (Lipinski definition) is 4. The number of hydrogen-bond donors (Lipinski definition) is 0. The summed E-state index contributed by atoms with van der Waals surface area (Å²) in [6.45, 7) is 7.77. The highest BCUT2D eigenvalue weighted by Crippen LogP contribution is 2.29. The maximum atomic E-state index is 12.4. The summed E-state index contributed by atoms with van der Waals surface area (Å²) in [7, 11) is 0. The number of nitrogens with zero attached hydrogens (tertiary/aromatic N) is 3. The third kappa shape index (κ3) is 4.39. The first-order valence-electron chi connectivity index (χ1n) is 10.3. The highest BCUT2D eigenvalue weighted by molar-refractivity contribution is 5.79. The van der Waals surface area contributed by atoms with Crippen LogP contribution in [0.4, 0.5) is 0 Å². The number of rotatable bonds is 6. The van der Waals surface area contributed by atoms with Crippen LogP contribution in [0, 0.1) is 6.92 Å². The Hall–Kier alpha value is -2.95. The topological polar surface area (TPSA) is 59.2 Å². The lowest BCUT2D eigenvalue weighted by Crippen LogP contribution is -2.27. The fraction of sp³-hybridized carbons (Fsp3) is 0.375. The van der Waals surface area contributed by atoms with Crippen LogP contribution in [0.25, 0.3) is 11.4 Å². The Morgan fingerprint density at radius 3 is 2.52 bits per heavy atom. The summed E-state index contributed by atoms with van der Waals surface area (Å²) >= 11 is 0. The first kappa shape index (κ1) is 19.4. The molecule has 1 fully saturated rings. The SMILES string of the molecule is Cc1ccc(CCN2CC(c3nc(-c4ccc(C(C)C)cc4)no3)CC2=O)cc1. The molecule has 0 N–H and O–H groups in total. The van der Waals surface area contributed by atoms with Gasteiger partial charge in [0.2, 0.25) is 17.6 Å². The molecule has 0 spiro atoms. The molecule has 3 aromatic rings. The van der Waals surface area contributed by atoms with Crippen molar-refractivity contribution in [1.29, 1.82) is 0 Å². The molecular formula is C24H27N3O2. The van der Waals surface area contributed by atoms with Crippen molar-refractivity contribution < 1.29 is 9.32 Å². The molecule has 4 rings (SSSR count). The summed E-state index contributed by atoms with van der Waals surface area (Å²) in [6.07, 6.45) is 1.29. The lowest BCUT2D eigenvalue weighted by Gasteiger charge is -2.15. The van der Waals surface area contributed by atoms with Gasteiger partial charge in [0.25, 0.3) is 0 Å². The van der Waals surface area contributed by atoms with Crippen LogP contribution in [0.5, 0.6) is 0 Å². The monoisotopic (exact) mass is 389 g/mol. The van der Waals surface area contributed by atoms with Crippen molar-refractivity contribution in [3.63, 3.8) is 0 Å². The summed E-state index contributed by atoms with van der Waals surface area (Å²) < 4.78 is 5.51. The normalized spacial score (nSPS) is 16.8. The zero-order chi connectivity index (χ0) is 20.4. The van der Waals surface area contributed by atoms with Crippen molar-refractivity contribution >= 4 is 5.91 Å². The fourth-order valence-electron chi connectivity index (χ4n) is 3.71. The Morgan fingerprint density at radius 2 is 1.83 bits per heavy atom. The molecular weight excluding hydrogens is 362 g/mol. The van der Waals surface area contributed by atoms with Crippen molar-refractivity contribution in [2.24, 2.45) is 0 Å². The summed E-state index contributed by atoms with van der Waals surface area (Å²) in [6, 6.07) is 16.7. The molecule has 0 aliphatic carbocycles. The van der Waals surface area contributed by atoms with E-state index in [1.807, 2.05) is 17.0 Å². The Bertz CT molecular complexity index is 974. The van der Waals surface area contributed by atoms with Gasteiger partial charge in [-0.3, -0.25) is 4.79 Å². The van der Waals surface area contributed by atoms with E-state index in [-0.39, 0.29) is 11.8 Å². The Morgan fingerprint density at radius 1 is 1.10 bits per heavy atom. The average Bonchev–Trinajstić information content (AvgIpc) is 3.35. The lowest BCUT2D eigenvalue weighted by molar-refractivity contribution is -0.127. The first-order chi connectivity index (χ1) is 14.0. The van der Waals surface area contributed by atoms with Crippen LogP contribution >= 0.6 is 0 Å². The molecule has 2 heterocycles. The molecule has 1 aliphatic heterocycles. The number of likely N-dealkylation sites (tertiary alicyclic amines) is 1. The molecule has 0 bridgehead atoms. The fourth-order valence-corrected chi connectivity index (χ4v) is 3.71. The zero-order valence-corrected chi connectivity index (χ0v) is 17.3. The van der Waals surface area contributed by atoms with Crippen LogP contribution in [0.2, 0.25) is 0 Å². The smallest absolute Gasteiger partial charge is 0.232 e. The van der Waals surface area contributed by atoms with Gasteiger partial charge in [-0.25, -0.2) is 0 Å². The minimum atomic E-state index is -0.0308. The molecule has 29 heavy (non-hydrogen) atoms. The molecule has 5 heteroatoms. The van der Waals surface area contributed by atoms with Crippen LogP contribution < -0.4 is 0 Å². The lowest BCUT2D eigenvalue weighted by atomic mass is 10.0. The largest absolute Gasteiger partial charge is 0.342 e. The summed E-state index contributed by atoms with van der Waals surface area (Å²) in [4.78, 5) is 18.9. The van der Waals surface area contributed by atoms with E-state index in [2.05, 4.69) is 67.3 Å². The second-order valence-electron chi connectivity index (χ2n) is 8.21. The second kappa shape index (κ2) is 8.19. The molecule has 1 saturated heterocycles. The number of amides is 1. The minimum Gasteiger partial charge on any atom is -0.342 e. The van der Waals surface area contributed by atoms with Gasteiger partial charge in [0.15, 0.2) is 0 Å². The molecule has 2 aromatic carbocycles. The molecule has 1 amide bonds. The highest BCUT2D eigenvalue weighted by Gasteiger charge is 2.34. The maximum absolute atomic E-state index is 12.4. The molecule has 0 saturated carbocycles. The summed E-state index contributed by atoms with van der Waals surface area (Å²) in [5.74, 6) is 1.75. The molecule has 1 aromatic heterocycles. The van der Waals surface area contributed by atoms with E-state index in [0.717, 1.165) is 18.5 Å². The van der Waals surface area contributed by atoms with Gasteiger partial charge in [0, 0.05) is 25.1 Å². The highest BCUT2D eigenvalue weighted by atomic mass is 16.5. The van der Waals surface area contributed by atoms with Gasteiger partial charge < -0.3 is 9.42 Å². The molecule has 5 nitrogen and oxygen atoms in total. The number of benzene rings is 2. The standard InChI is InChI=1S/C24H27N3O2/c1-16(2)19-8-10-20(11-9-19)23-25-24(29-26-23)21-14-22(28)27(15-21)13-12-18-6-4-17(3)5-7-18/h4-11,16,21H,12-15H2,1-3H3. The number of aromatic nitrogens is 2. The number of aryl methyl sites for hydroxylation is 1. The number of carbonyl (C=O) groups excluding carboxylic acids is 1. The molecule has 1 unspecified atom stereocenters. The third-order valence-corrected chi connectivity index (χ3v) is 5.63. The Balaban J connectivity index is 1.39. The predicted octanol–water partition coefficient (Wildman–Crippen LogP) is 4.73. The zero-order valence-electron chi connectivity index (χ0n) is 17.3. The molecule has 0 radical (unpaired) electrons. The minimum absolute atomic E-state index is 0.0308. The van der Waals surface area contributed by atoms with Gasteiger partial charge in [-0.2, -0.15) is 4.98 Å². The molecule has 150 valence electrons. The van der Waals surface area contributed by atoms with Gasteiger partial charge in [0.1, 0.15) is 0 Å². The molecule has 1 atom stereocenters. The summed E-state index contributed by atoms with van der Waals surface area (Å²) in [5, 5.41) is 4.14. The van der Waals surface area contributed by atoms with Crippen LogP contribution in [0.1, 0.15) is 54.7 Å². The predicted molar refractivity (Wildman–Crippen MR) is 113 cm³/mol. The van der Waals surface area contributed by atoms with E-state index < -0.39 is 0 Å². The van der Waals surface area contributed by atoms with Crippen molar-refractivity contribution in [2.45, 2.75) is 45.4 Å². The third-order valence-electron chi connectivity index (χ3n) is 5.63. The van der Waals surface area contributed by atoms with Crippen molar-refractivity contribution in [3.8, 4) is 11.4 Å².